The zero-order valence-electron chi connectivity index (χ0n) is 14.6. The molecule has 7 heteroatoms. The molecule has 3 aromatic rings. The van der Waals surface area contributed by atoms with Gasteiger partial charge in [-0.2, -0.15) is 5.10 Å². The Hall–Kier alpha value is -2.80. The van der Waals surface area contributed by atoms with Crippen LogP contribution < -0.4 is 0 Å². The predicted molar refractivity (Wildman–Crippen MR) is 94.0 cm³/mol. The topological polar surface area (TPSA) is 71.2 Å². The van der Waals surface area contributed by atoms with Crippen LogP contribution >= 0.6 is 0 Å². The number of aromatic nitrogens is 3. The molecule has 3 heterocycles. The minimum absolute atomic E-state index is 0.113. The van der Waals surface area contributed by atoms with Crippen molar-refractivity contribution in [3.63, 3.8) is 0 Å². The molecule has 26 heavy (non-hydrogen) atoms. The van der Waals surface area contributed by atoms with Crippen LogP contribution in [0.25, 0.3) is 10.9 Å². The van der Waals surface area contributed by atoms with Crippen LogP contribution in [-0.2, 0) is 13.1 Å². The molecule has 134 valence electrons. The molecule has 1 unspecified atom stereocenters. The number of amides is 1. The molecule has 1 aliphatic rings. The molecule has 0 saturated carbocycles. The van der Waals surface area contributed by atoms with Crippen molar-refractivity contribution in [2.24, 2.45) is 0 Å². The highest BCUT2D eigenvalue weighted by Crippen LogP contribution is 2.24. The van der Waals surface area contributed by atoms with Crippen LogP contribution in [0.4, 0.5) is 4.39 Å². The summed E-state index contributed by atoms with van der Waals surface area (Å²) in [6.07, 6.45) is -0.640. The van der Waals surface area contributed by atoms with E-state index >= 15 is 0 Å². The zero-order valence-corrected chi connectivity index (χ0v) is 14.6. The van der Waals surface area contributed by atoms with Gasteiger partial charge in [0, 0.05) is 23.7 Å². The van der Waals surface area contributed by atoms with Crippen molar-refractivity contribution < 1.29 is 14.3 Å². The van der Waals surface area contributed by atoms with Gasteiger partial charge in [0.1, 0.15) is 5.82 Å². The maximum absolute atomic E-state index is 13.5. The first-order valence-electron chi connectivity index (χ1n) is 8.53. The van der Waals surface area contributed by atoms with Crippen molar-refractivity contribution in [1.29, 1.82) is 0 Å². The number of nitrogens with zero attached hydrogens (tertiary/aromatic N) is 4. The van der Waals surface area contributed by atoms with E-state index in [2.05, 4.69) is 10.1 Å². The lowest BCUT2D eigenvalue weighted by atomic mass is 10.1. The predicted octanol–water partition coefficient (Wildman–Crippen LogP) is 2.59. The summed E-state index contributed by atoms with van der Waals surface area (Å²) in [4.78, 5) is 19.2. The van der Waals surface area contributed by atoms with Crippen molar-refractivity contribution in [3.8, 4) is 0 Å². The molecule has 0 bridgehead atoms. The van der Waals surface area contributed by atoms with Crippen molar-refractivity contribution in [1.82, 2.24) is 19.7 Å². The number of rotatable bonds is 2. The molecule has 0 radical (unpaired) electrons. The number of fused-ring (bicyclic) bond motifs is 2. The lowest BCUT2D eigenvalue weighted by molar-refractivity contribution is 0.0707. The van der Waals surface area contributed by atoms with Gasteiger partial charge in [-0.3, -0.25) is 14.5 Å². The normalized spacial score (nSPS) is 15.2. The first kappa shape index (κ1) is 16.7. The Bertz CT molecular complexity index is 1010. The molecule has 1 aromatic carbocycles. The van der Waals surface area contributed by atoms with E-state index in [-0.39, 0.29) is 11.7 Å². The van der Waals surface area contributed by atoms with Crippen molar-refractivity contribution in [3.05, 3.63) is 58.8 Å². The van der Waals surface area contributed by atoms with Crippen LogP contribution in [0.3, 0.4) is 0 Å². The summed E-state index contributed by atoms with van der Waals surface area (Å²) < 4.78 is 15.4. The number of hydrogen-bond acceptors (Lipinski definition) is 4. The summed E-state index contributed by atoms with van der Waals surface area (Å²) in [5.74, 6) is -0.486. The average molecular weight is 354 g/mol. The zero-order chi connectivity index (χ0) is 18.4. The second-order valence-corrected chi connectivity index (χ2v) is 6.66. The van der Waals surface area contributed by atoms with Crippen LogP contribution in [-0.4, -0.2) is 37.2 Å². The molecule has 4 rings (SSSR count). The van der Waals surface area contributed by atoms with Crippen molar-refractivity contribution in [2.75, 3.05) is 6.54 Å². The second-order valence-electron chi connectivity index (χ2n) is 6.66. The highest BCUT2D eigenvalue weighted by molar-refractivity contribution is 6.06. The average Bonchev–Trinajstić information content (AvgIpc) is 3.03. The van der Waals surface area contributed by atoms with E-state index in [1.165, 1.54) is 12.1 Å². The van der Waals surface area contributed by atoms with E-state index in [0.717, 1.165) is 5.69 Å². The van der Waals surface area contributed by atoms with Gasteiger partial charge in [0.15, 0.2) is 0 Å². The van der Waals surface area contributed by atoms with Crippen LogP contribution in [0.2, 0.25) is 0 Å². The van der Waals surface area contributed by atoms with Crippen molar-refractivity contribution >= 4 is 16.8 Å². The van der Waals surface area contributed by atoms with E-state index in [4.69, 9.17) is 0 Å². The van der Waals surface area contributed by atoms with Crippen LogP contribution in [0, 0.1) is 12.7 Å². The molecule has 0 spiro atoms. The minimum Gasteiger partial charge on any atom is -0.387 e. The lowest BCUT2D eigenvalue weighted by Gasteiger charge is -2.28. The molecule has 1 aliphatic heterocycles. The van der Waals surface area contributed by atoms with Crippen LogP contribution in [0.1, 0.15) is 40.5 Å². The number of carbonyl (C=O) groups excluding carboxylic acids is 1. The monoisotopic (exact) mass is 354 g/mol. The SMILES string of the molecule is Cc1cc(C(=O)N2CCn3nc(C(C)O)cc3C2)c2ccc(F)cc2n1. The molecular formula is C19H19FN4O2. The van der Waals surface area contributed by atoms with Gasteiger partial charge in [-0.25, -0.2) is 4.39 Å². The fourth-order valence-electron chi connectivity index (χ4n) is 3.35. The number of aliphatic hydroxyl groups is 1. The summed E-state index contributed by atoms with van der Waals surface area (Å²) in [7, 11) is 0. The maximum atomic E-state index is 13.5. The Morgan fingerprint density at radius 1 is 1.27 bits per heavy atom. The Morgan fingerprint density at radius 2 is 2.08 bits per heavy atom. The summed E-state index contributed by atoms with van der Waals surface area (Å²) in [5.41, 5.74) is 3.17. The quantitative estimate of drug-likeness (QED) is 0.768. The molecule has 0 fully saturated rings. The molecular weight excluding hydrogens is 335 g/mol. The van der Waals surface area contributed by atoms with Gasteiger partial charge in [-0.1, -0.05) is 0 Å². The van der Waals surface area contributed by atoms with Gasteiger partial charge in [-0.05, 0) is 38.1 Å². The Balaban J connectivity index is 1.69. The number of carbonyl (C=O) groups is 1. The lowest BCUT2D eigenvalue weighted by Crippen LogP contribution is -2.38. The summed E-state index contributed by atoms with van der Waals surface area (Å²) in [6, 6.07) is 7.87. The number of pyridine rings is 1. The molecule has 1 amide bonds. The van der Waals surface area contributed by atoms with E-state index in [1.54, 1.807) is 30.9 Å². The summed E-state index contributed by atoms with van der Waals surface area (Å²) in [5, 5.41) is 14.7. The van der Waals surface area contributed by atoms with Gasteiger partial charge in [0.25, 0.3) is 5.91 Å². The molecule has 1 atom stereocenters. The van der Waals surface area contributed by atoms with Gasteiger partial charge in [0.2, 0.25) is 0 Å². The van der Waals surface area contributed by atoms with Crippen LogP contribution in [0.5, 0.6) is 0 Å². The van der Waals surface area contributed by atoms with Crippen LogP contribution in [0.15, 0.2) is 30.3 Å². The molecule has 0 aliphatic carbocycles. The fourth-order valence-corrected chi connectivity index (χ4v) is 3.35. The van der Waals surface area contributed by atoms with E-state index < -0.39 is 6.10 Å². The highest BCUT2D eigenvalue weighted by Gasteiger charge is 2.25. The molecule has 0 saturated heterocycles. The number of benzene rings is 1. The standard InChI is InChI=1S/C19H19FN4O2/c1-11-7-16(15-4-3-13(20)8-18(15)21-11)19(26)23-5-6-24-14(10-23)9-17(22-24)12(2)25/h3-4,7-9,12,25H,5-6,10H2,1-2H3. The highest BCUT2D eigenvalue weighted by atomic mass is 19.1. The summed E-state index contributed by atoms with van der Waals surface area (Å²) in [6.45, 7) is 4.98. The van der Waals surface area contributed by atoms with E-state index in [9.17, 15) is 14.3 Å². The van der Waals surface area contributed by atoms with Gasteiger partial charge in [-0.15, -0.1) is 0 Å². The first-order chi connectivity index (χ1) is 12.4. The Labute approximate surface area is 149 Å². The number of aliphatic hydroxyl groups excluding tert-OH is 1. The first-order valence-corrected chi connectivity index (χ1v) is 8.53. The minimum atomic E-state index is -0.640. The molecule has 2 aromatic heterocycles. The largest absolute Gasteiger partial charge is 0.387 e. The third kappa shape index (κ3) is 2.84. The summed E-state index contributed by atoms with van der Waals surface area (Å²) >= 11 is 0. The number of hydrogen-bond donors (Lipinski definition) is 1. The second kappa shape index (κ2) is 6.17. The third-order valence-corrected chi connectivity index (χ3v) is 4.66. The molecule has 1 N–H and O–H groups in total. The van der Waals surface area contributed by atoms with Crippen molar-refractivity contribution in [2.45, 2.75) is 33.0 Å². The van der Waals surface area contributed by atoms with Gasteiger partial charge >= 0.3 is 0 Å². The van der Waals surface area contributed by atoms with E-state index in [0.29, 0.717) is 47.5 Å². The Kier molecular flexibility index (Phi) is 3.96. The van der Waals surface area contributed by atoms with Gasteiger partial charge < -0.3 is 10.0 Å². The number of aryl methyl sites for hydroxylation is 1. The maximum Gasteiger partial charge on any atom is 0.255 e. The smallest absolute Gasteiger partial charge is 0.255 e. The third-order valence-electron chi connectivity index (χ3n) is 4.66. The number of halogens is 1. The van der Waals surface area contributed by atoms with Gasteiger partial charge in [0.05, 0.1) is 41.7 Å². The fraction of sp³-hybridized carbons (Fsp3) is 0.316. The Morgan fingerprint density at radius 3 is 2.85 bits per heavy atom. The van der Waals surface area contributed by atoms with E-state index in [1.807, 2.05) is 10.7 Å². The molecule has 6 nitrogen and oxygen atoms in total.